The zero-order valence-electron chi connectivity index (χ0n) is 13.1. The third-order valence-corrected chi connectivity index (χ3v) is 3.82. The van der Waals surface area contributed by atoms with E-state index in [2.05, 4.69) is 6.07 Å². The summed E-state index contributed by atoms with van der Waals surface area (Å²) in [5.74, 6) is 0.782. The van der Waals surface area contributed by atoms with Crippen LogP contribution in [-0.4, -0.2) is 42.4 Å². The standard InChI is InChI=1S/C18H22N2O2/c1-14(10-11-19)20(2)12-16(21)13-22-18-9-5-7-15-6-3-4-8-17(15)18/h3-9,14,16,21H,10,12-13H2,1-2H3. The zero-order chi connectivity index (χ0) is 15.9. The molecule has 22 heavy (non-hydrogen) atoms. The number of aliphatic hydroxyl groups excluding tert-OH is 1. The lowest BCUT2D eigenvalue weighted by atomic mass is 10.1. The van der Waals surface area contributed by atoms with Crippen molar-refractivity contribution in [1.29, 1.82) is 5.26 Å². The number of benzene rings is 2. The highest BCUT2D eigenvalue weighted by Gasteiger charge is 2.14. The minimum Gasteiger partial charge on any atom is -0.490 e. The second-order valence-electron chi connectivity index (χ2n) is 5.59. The fourth-order valence-corrected chi connectivity index (χ4v) is 2.36. The molecule has 0 radical (unpaired) electrons. The molecule has 2 rings (SSSR count). The van der Waals surface area contributed by atoms with Crippen LogP contribution in [0.3, 0.4) is 0 Å². The molecule has 0 saturated carbocycles. The molecule has 0 saturated heterocycles. The molecular formula is C18H22N2O2. The zero-order valence-corrected chi connectivity index (χ0v) is 13.1. The molecule has 4 nitrogen and oxygen atoms in total. The van der Waals surface area contributed by atoms with E-state index in [1.807, 2.05) is 61.3 Å². The van der Waals surface area contributed by atoms with E-state index in [4.69, 9.17) is 10.00 Å². The van der Waals surface area contributed by atoms with Gasteiger partial charge in [0, 0.05) is 18.0 Å². The number of hydrogen-bond donors (Lipinski definition) is 1. The monoisotopic (exact) mass is 298 g/mol. The topological polar surface area (TPSA) is 56.5 Å². The van der Waals surface area contributed by atoms with E-state index in [0.29, 0.717) is 13.0 Å². The Balaban J connectivity index is 1.93. The van der Waals surface area contributed by atoms with Crippen molar-refractivity contribution in [2.45, 2.75) is 25.5 Å². The molecule has 116 valence electrons. The van der Waals surface area contributed by atoms with Gasteiger partial charge in [-0.2, -0.15) is 5.26 Å². The molecule has 1 N–H and O–H groups in total. The van der Waals surface area contributed by atoms with E-state index < -0.39 is 6.10 Å². The lowest BCUT2D eigenvalue weighted by molar-refractivity contribution is 0.0666. The predicted molar refractivity (Wildman–Crippen MR) is 87.8 cm³/mol. The molecule has 4 heteroatoms. The minimum absolute atomic E-state index is 0.122. The van der Waals surface area contributed by atoms with Crippen LogP contribution in [0.5, 0.6) is 5.75 Å². The Labute approximate surface area is 131 Å². The third kappa shape index (κ3) is 4.20. The van der Waals surface area contributed by atoms with Gasteiger partial charge in [-0.3, -0.25) is 4.90 Å². The molecule has 0 aliphatic heterocycles. The SMILES string of the molecule is CC(CC#N)N(C)CC(O)COc1cccc2ccccc12. The molecular weight excluding hydrogens is 276 g/mol. The molecule has 0 spiro atoms. The van der Waals surface area contributed by atoms with Crippen LogP contribution in [0.15, 0.2) is 42.5 Å². The summed E-state index contributed by atoms with van der Waals surface area (Å²) in [5, 5.41) is 21.0. The van der Waals surface area contributed by atoms with Gasteiger partial charge in [-0.15, -0.1) is 0 Å². The fraction of sp³-hybridized carbons (Fsp3) is 0.389. The predicted octanol–water partition coefficient (Wildman–Crippen LogP) is 2.81. The van der Waals surface area contributed by atoms with Crippen LogP contribution in [0.1, 0.15) is 13.3 Å². The first-order chi connectivity index (χ1) is 10.6. The van der Waals surface area contributed by atoms with Crippen LogP contribution in [0.2, 0.25) is 0 Å². The Morgan fingerprint density at radius 3 is 2.73 bits per heavy atom. The fourth-order valence-electron chi connectivity index (χ4n) is 2.36. The highest BCUT2D eigenvalue weighted by Crippen LogP contribution is 2.25. The summed E-state index contributed by atoms with van der Waals surface area (Å²) in [7, 11) is 1.91. The van der Waals surface area contributed by atoms with E-state index in [1.54, 1.807) is 0 Å². The number of ether oxygens (including phenoxy) is 1. The number of nitriles is 1. The molecule has 0 aromatic heterocycles. The van der Waals surface area contributed by atoms with Gasteiger partial charge in [0.1, 0.15) is 18.5 Å². The largest absolute Gasteiger partial charge is 0.490 e. The summed E-state index contributed by atoms with van der Waals surface area (Å²) in [5.41, 5.74) is 0. The average molecular weight is 298 g/mol. The Morgan fingerprint density at radius 1 is 1.23 bits per heavy atom. The summed E-state index contributed by atoms with van der Waals surface area (Å²) in [6, 6.07) is 16.2. The third-order valence-electron chi connectivity index (χ3n) is 3.82. The summed E-state index contributed by atoms with van der Waals surface area (Å²) in [6.45, 7) is 2.69. The van der Waals surface area contributed by atoms with Crippen molar-refractivity contribution < 1.29 is 9.84 Å². The molecule has 2 aromatic carbocycles. The van der Waals surface area contributed by atoms with E-state index in [-0.39, 0.29) is 12.6 Å². The maximum absolute atomic E-state index is 10.1. The van der Waals surface area contributed by atoms with Gasteiger partial charge in [0.15, 0.2) is 0 Å². The summed E-state index contributed by atoms with van der Waals surface area (Å²) in [6.07, 6.45) is -0.141. The molecule has 0 fully saturated rings. The minimum atomic E-state index is -0.592. The summed E-state index contributed by atoms with van der Waals surface area (Å²) in [4.78, 5) is 1.97. The Bertz CT molecular complexity index is 646. The maximum atomic E-state index is 10.1. The molecule has 0 amide bonds. The molecule has 0 aliphatic rings. The van der Waals surface area contributed by atoms with Crippen LogP contribution in [0.4, 0.5) is 0 Å². The first-order valence-corrected chi connectivity index (χ1v) is 7.47. The van der Waals surface area contributed by atoms with Crippen LogP contribution in [-0.2, 0) is 0 Å². The molecule has 0 bridgehead atoms. The van der Waals surface area contributed by atoms with Crippen molar-refractivity contribution in [2.24, 2.45) is 0 Å². The number of hydrogen-bond acceptors (Lipinski definition) is 4. The van der Waals surface area contributed by atoms with E-state index in [9.17, 15) is 5.11 Å². The van der Waals surface area contributed by atoms with Crippen molar-refractivity contribution in [3.05, 3.63) is 42.5 Å². The normalized spacial score (nSPS) is 13.8. The molecule has 2 aromatic rings. The Morgan fingerprint density at radius 2 is 1.95 bits per heavy atom. The van der Waals surface area contributed by atoms with E-state index >= 15 is 0 Å². The Hall–Kier alpha value is -2.09. The quantitative estimate of drug-likeness (QED) is 0.854. The van der Waals surface area contributed by atoms with Gasteiger partial charge in [0.25, 0.3) is 0 Å². The Kier molecular flexibility index (Phi) is 5.76. The van der Waals surface area contributed by atoms with E-state index in [1.165, 1.54) is 0 Å². The molecule has 2 atom stereocenters. The first-order valence-electron chi connectivity index (χ1n) is 7.47. The summed E-state index contributed by atoms with van der Waals surface area (Å²) >= 11 is 0. The lowest BCUT2D eigenvalue weighted by Gasteiger charge is -2.25. The van der Waals surface area contributed by atoms with Gasteiger partial charge in [-0.05, 0) is 25.4 Å². The van der Waals surface area contributed by atoms with Crippen molar-refractivity contribution in [2.75, 3.05) is 20.2 Å². The van der Waals surface area contributed by atoms with Crippen molar-refractivity contribution >= 4 is 10.8 Å². The number of fused-ring (bicyclic) bond motifs is 1. The maximum Gasteiger partial charge on any atom is 0.127 e. The van der Waals surface area contributed by atoms with Crippen LogP contribution >= 0.6 is 0 Å². The van der Waals surface area contributed by atoms with Crippen molar-refractivity contribution in [1.82, 2.24) is 4.90 Å². The van der Waals surface area contributed by atoms with Gasteiger partial charge in [-0.1, -0.05) is 36.4 Å². The van der Waals surface area contributed by atoms with Crippen LogP contribution in [0, 0.1) is 11.3 Å². The molecule has 0 aliphatic carbocycles. The second kappa shape index (κ2) is 7.79. The highest BCUT2D eigenvalue weighted by atomic mass is 16.5. The van der Waals surface area contributed by atoms with Gasteiger partial charge >= 0.3 is 0 Å². The average Bonchev–Trinajstić information content (AvgIpc) is 2.53. The number of aliphatic hydroxyl groups is 1. The van der Waals surface area contributed by atoms with Gasteiger partial charge in [0.05, 0.1) is 12.5 Å². The van der Waals surface area contributed by atoms with Gasteiger partial charge in [0.2, 0.25) is 0 Å². The second-order valence-corrected chi connectivity index (χ2v) is 5.59. The van der Waals surface area contributed by atoms with Crippen LogP contribution in [0.25, 0.3) is 10.8 Å². The van der Waals surface area contributed by atoms with Crippen LogP contribution < -0.4 is 4.74 Å². The molecule has 2 unspecified atom stereocenters. The van der Waals surface area contributed by atoms with Gasteiger partial charge in [-0.25, -0.2) is 0 Å². The van der Waals surface area contributed by atoms with Crippen molar-refractivity contribution in [3.63, 3.8) is 0 Å². The number of nitrogens with zero attached hydrogens (tertiary/aromatic N) is 2. The molecule has 0 heterocycles. The van der Waals surface area contributed by atoms with E-state index in [0.717, 1.165) is 16.5 Å². The number of likely N-dealkylation sites (N-methyl/N-ethyl adjacent to an activating group) is 1. The number of rotatable bonds is 7. The summed E-state index contributed by atoms with van der Waals surface area (Å²) < 4.78 is 5.78. The highest BCUT2D eigenvalue weighted by molar-refractivity contribution is 5.88. The smallest absolute Gasteiger partial charge is 0.127 e. The van der Waals surface area contributed by atoms with Gasteiger partial charge < -0.3 is 9.84 Å². The lowest BCUT2D eigenvalue weighted by Crippen LogP contribution is -2.38. The van der Waals surface area contributed by atoms with Crippen molar-refractivity contribution in [3.8, 4) is 11.8 Å². The first kappa shape index (κ1) is 16.3.